The van der Waals surface area contributed by atoms with Crippen molar-refractivity contribution in [2.75, 3.05) is 0 Å². The predicted octanol–water partition coefficient (Wildman–Crippen LogP) is -0.298. The van der Waals surface area contributed by atoms with Crippen LogP contribution in [0.5, 0.6) is 0 Å². The second-order valence-corrected chi connectivity index (χ2v) is 3.25. The maximum Gasteiger partial charge on any atom is 0.492 e. The van der Waals surface area contributed by atoms with Crippen LogP contribution in [0.3, 0.4) is 0 Å². The van der Waals surface area contributed by atoms with Crippen molar-refractivity contribution in [1.82, 2.24) is 0 Å². The largest absolute Gasteiger partial charge is 0.708 e. The number of amides is 4. The molecule has 0 heterocycles. The van der Waals surface area contributed by atoms with Gasteiger partial charge in [-0.3, -0.25) is 11.5 Å². The minimum atomic E-state index is -1.13. The molecule has 94 valence electrons. The lowest BCUT2D eigenvalue weighted by atomic mass is 10.1. The summed E-state index contributed by atoms with van der Waals surface area (Å²) in [5.41, 5.74) is 10.3. The number of nitrogens with two attached hydrogens (primary N) is 2. The maximum atomic E-state index is 10.9. The molecule has 1 aromatic carbocycles. The van der Waals surface area contributed by atoms with E-state index >= 15 is 0 Å². The Balaban J connectivity index is 2.94. The van der Waals surface area contributed by atoms with Gasteiger partial charge in [-0.25, -0.2) is 9.48 Å². The van der Waals surface area contributed by atoms with E-state index in [1.54, 1.807) is 0 Å². The smallest absolute Gasteiger partial charge is 0.492 e. The normalized spacial score (nSPS) is 12.2. The highest BCUT2D eigenvalue weighted by atomic mass is 16.5. The van der Waals surface area contributed by atoms with Crippen LogP contribution in [-0.2, 0) is 0 Å². The number of urea groups is 2. The molecule has 0 aliphatic heterocycles. The van der Waals surface area contributed by atoms with Gasteiger partial charge in [0.25, 0.3) is 0 Å². The van der Waals surface area contributed by atoms with Gasteiger partial charge in [-0.2, -0.15) is 9.59 Å². The number of hydroxylamine groups is 2. The first-order chi connectivity index (χ1) is 8.40. The topological polar surface area (TPSA) is 138 Å². The Morgan fingerprint density at radius 2 is 1.17 bits per heavy atom. The van der Waals surface area contributed by atoms with Crippen molar-refractivity contribution in [3.8, 4) is 0 Å². The zero-order valence-electron chi connectivity index (χ0n) is 9.15. The maximum absolute atomic E-state index is 10.9. The van der Waals surface area contributed by atoms with Crippen LogP contribution in [0.2, 0.25) is 0 Å². The lowest BCUT2D eigenvalue weighted by Crippen LogP contribution is -2.23. The molecule has 0 saturated heterocycles. The van der Waals surface area contributed by atoms with Crippen molar-refractivity contribution in [2.45, 2.75) is 0 Å². The molecule has 0 fully saturated rings. The van der Waals surface area contributed by atoms with E-state index in [0.29, 0.717) is 11.1 Å². The van der Waals surface area contributed by atoms with Gasteiger partial charge >= 0.3 is 12.1 Å². The molecule has 0 atom stereocenters. The summed E-state index contributed by atoms with van der Waals surface area (Å²) in [5.74, 6) is 0. The zero-order chi connectivity index (χ0) is 13.7. The highest BCUT2D eigenvalue weighted by Crippen LogP contribution is 2.00. The fourth-order valence-corrected chi connectivity index (χ4v) is 1.07. The average molecular weight is 250 g/mol. The molecule has 0 aliphatic carbocycles. The predicted molar refractivity (Wildman–Crippen MR) is 63.2 cm³/mol. The average Bonchev–Trinajstić information content (AvgIpc) is 2.31. The number of hydrogen-bond acceptors (Lipinski definition) is 4. The second-order valence-electron chi connectivity index (χ2n) is 3.25. The molecule has 8 heteroatoms. The molecule has 0 aromatic heterocycles. The van der Waals surface area contributed by atoms with Crippen molar-refractivity contribution in [3.63, 3.8) is 0 Å². The SMILES string of the molecule is NC(=O)/[N+]([O-])=C/c1ccc(/C=[N+](\[O-])C(N)=O)cc1. The van der Waals surface area contributed by atoms with Crippen molar-refractivity contribution in [1.29, 1.82) is 0 Å². The first-order valence-electron chi connectivity index (χ1n) is 4.71. The second kappa shape index (κ2) is 5.43. The van der Waals surface area contributed by atoms with E-state index in [4.69, 9.17) is 11.5 Å². The monoisotopic (exact) mass is 250 g/mol. The lowest BCUT2D eigenvalue weighted by molar-refractivity contribution is -0.342. The Kier molecular flexibility index (Phi) is 3.98. The first-order valence-corrected chi connectivity index (χ1v) is 4.71. The van der Waals surface area contributed by atoms with E-state index in [1.807, 2.05) is 0 Å². The number of primary amides is 2. The summed E-state index contributed by atoms with van der Waals surface area (Å²) in [5, 5.41) is 21.8. The number of benzene rings is 1. The first kappa shape index (κ1) is 13.2. The summed E-state index contributed by atoms with van der Waals surface area (Å²) < 4.78 is -0.0515. The summed E-state index contributed by atoms with van der Waals surface area (Å²) in [4.78, 5) is 21.0. The van der Waals surface area contributed by atoms with Gasteiger partial charge in [-0.05, 0) is 0 Å². The minimum Gasteiger partial charge on any atom is -0.708 e. The summed E-state index contributed by atoms with van der Waals surface area (Å²) in [6.07, 6.45) is 1.96. The van der Waals surface area contributed by atoms with Gasteiger partial charge < -0.3 is 10.4 Å². The number of carbonyl (C=O) groups is 2. The van der Waals surface area contributed by atoms with E-state index in [2.05, 4.69) is 0 Å². The minimum absolute atomic E-state index is 0.0258. The van der Waals surface area contributed by atoms with Gasteiger partial charge in [0, 0.05) is 11.1 Å². The summed E-state index contributed by atoms with van der Waals surface area (Å²) >= 11 is 0. The molecule has 0 saturated carbocycles. The molecule has 0 bridgehead atoms. The van der Waals surface area contributed by atoms with Gasteiger partial charge in [0.1, 0.15) is 12.4 Å². The van der Waals surface area contributed by atoms with Crippen LogP contribution in [0.25, 0.3) is 0 Å². The number of rotatable bonds is 2. The van der Waals surface area contributed by atoms with Crippen LogP contribution >= 0.6 is 0 Å². The molecule has 0 radical (unpaired) electrons. The highest BCUT2D eigenvalue weighted by molar-refractivity contribution is 5.84. The summed E-state index contributed by atoms with van der Waals surface area (Å²) in [6.45, 7) is 0. The van der Waals surface area contributed by atoms with Crippen molar-refractivity contribution in [2.24, 2.45) is 11.5 Å². The molecular formula is C10H10N4O4. The molecule has 0 spiro atoms. The van der Waals surface area contributed by atoms with Crippen molar-refractivity contribution < 1.29 is 19.1 Å². The third-order valence-corrected chi connectivity index (χ3v) is 1.90. The van der Waals surface area contributed by atoms with Crippen LogP contribution in [0.4, 0.5) is 9.59 Å². The van der Waals surface area contributed by atoms with Gasteiger partial charge in [0.15, 0.2) is 0 Å². The molecule has 0 aliphatic rings. The number of carbonyl (C=O) groups excluding carboxylic acids is 2. The van der Waals surface area contributed by atoms with E-state index in [-0.39, 0.29) is 9.48 Å². The van der Waals surface area contributed by atoms with Crippen LogP contribution < -0.4 is 11.5 Å². The lowest BCUT2D eigenvalue weighted by Gasteiger charge is -2.03. The standard InChI is InChI=1S/C10H10N4O4/c11-9(15)13(17)5-7-1-2-8(4-3-7)6-14(18)10(12)16/h1-6H,(H2,11,15)(H2,12,16)/b13-5-,14-6-. The number of hydrogen-bond donors (Lipinski definition) is 2. The van der Waals surface area contributed by atoms with E-state index in [1.165, 1.54) is 24.3 Å². The summed E-state index contributed by atoms with van der Waals surface area (Å²) in [6, 6.07) is 3.60. The molecule has 0 unspecified atom stereocenters. The van der Waals surface area contributed by atoms with E-state index in [9.17, 15) is 20.0 Å². The molecule has 4 amide bonds. The van der Waals surface area contributed by atoms with Gasteiger partial charge in [0.05, 0.1) is 0 Å². The van der Waals surface area contributed by atoms with E-state index in [0.717, 1.165) is 12.4 Å². The molecule has 4 N–H and O–H groups in total. The van der Waals surface area contributed by atoms with Crippen LogP contribution in [0.15, 0.2) is 24.3 Å². The summed E-state index contributed by atoms with van der Waals surface area (Å²) in [7, 11) is 0. The Morgan fingerprint density at radius 1 is 0.889 bits per heavy atom. The van der Waals surface area contributed by atoms with Crippen molar-refractivity contribution >= 4 is 24.5 Å². The fourth-order valence-electron chi connectivity index (χ4n) is 1.07. The van der Waals surface area contributed by atoms with Crippen LogP contribution in [0.1, 0.15) is 11.1 Å². The Bertz CT molecular complexity index is 484. The van der Waals surface area contributed by atoms with Gasteiger partial charge in [-0.15, -0.1) is 0 Å². The number of nitrogens with zero attached hydrogens (tertiary/aromatic N) is 2. The fraction of sp³-hybridized carbons (Fsp3) is 0. The Hall–Kier alpha value is -2.90. The molecular weight excluding hydrogens is 240 g/mol. The molecule has 8 nitrogen and oxygen atoms in total. The van der Waals surface area contributed by atoms with Crippen LogP contribution in [-0.4, -0.2) is 34.0 Å². The van der Waals surface area contributed by atoms with E-state index < -0.39 is 12.1 Å². The Morgan fingerprint density at radius 3 is 1.39 bits per heavy atom. The van der Waals surface area contributed by atoms with Crippen LogP contribution in [0, 0.1) is 10.4 Å². The third-order valence-electron chi connectivity index (χ3n) is 1.90. The van der Waals surface area contributed by atoms with Crippen molar-refractivity contribution in [3.05, 3.63) is 45.8 Å². The molecule has 18 heavy (non-hydrogen) atoms. The third kappa shape index (κ3) is 3.59. The Labute approximate surface area is 102 Å². The molecule has 1 aromatic rings. The van der Waals surface area contributed by atoms with Gasteiger partial charge in [-0.1, -0.05) is 24.3 Å². The highest BCUT2D eigenvalue weighted by Gasteiger charge is 2.01. The molecule has 1 rings (SSSR count). The quantitative estimate of drug-likeness (QED) is 0.322. The zero-order valence-corrected chi connectivity index (χ0v) is 9.15. The van der Waals surface area contributed by atoms with Gasteiger partial charge in [0.2, 0.25) is 0 Å².